The van der Waals surface area contributed by atoms with E-state index in [2.05, 4.69) is 22.0 Å². The lowest BCUT2D eigenvalue weighted by molar-refractivity contribution is 0.101. The zero-order chi connectivity index (χ0) is 13.1. The van der Waals surface area contributed by atoms with Crippen molar-refractivity contribution in [1.29, 1.82) is 0 Å². The third kappa shape index (κ3) is 2.29. The van der Waals surface area contributed by atoms with Gasteiger partial charge in [-0.1, -0.05) is 6.58 Å². The van der Waals surface area contributed by atoms with Crippen LogP contribution in [-0.4, -0.2) is 20.7 Å². The van der Waals surface area contributed by atoms with Gasteiger partial charge in [0.2, 0.25) is 0 Å². The number of hydrogen-bond acceptors (Lipinski definition) is 3. The summed E-state index contributed by atoms with van der Waals surface area (Å²) in [6.45, 7) is 5.49. The molecule has 5 heteroatoms. The van der Waals surface area contributed by atoms with Crippen molar-refractivity contribution in [2.75, 3.05) is 5.32 Å². The second-order valence-electron chi connectivity index (χ2n) is 3.87. The number of carbonyl (C=O) groups excluding carboxylic acids is 1. The fourth-order valence-corrected chi connectivity index (χ4v) is 1.61. The molecule has 0 aliphatic heterocycles. The molecule has 0 atom stereocenters. The maximum atomic E-state index is 12.0. The number of aryl methyl sites for hydroxylation is 2. The first-order valence-corrected chi connectivity index (χ1v) is 5.51. The Hall–Kier alpha value is -2.43. The highest BCUT2D eigenvalue weighted by Crippen LogP contribution is 2.14. The SMILES string of the molecule is C=Cc1ccc(NC(=O)c2ccnn2C)c(C)n1. The molecule has 18 heavy (non-hydrogen) atoms. The molecule has 1 amide bonds. The highest BCUT2D eigenvalue weighted by atomic mass is 16.2. The van der Waals surface area contributed by atoms with E-state index in [0.29, 0.717) is 11.4 Å². The smallest absolute Gasteiger partial charge is 0.273 e. The molecule has 2 rings (SSSR count). The van der Waals surface area contributed by atoms with Crippen LogP contribution in [0.2, 0.25) is 0 Å². The van der Waals surface area contributed by atoms with Gasteiger partial charge in [-0.05, 0) is 31.2 Å². The molecule has 2 aromatic rings. The van der Waals surface area contributed by atoms with Gasteiger partial charge in [0, 0.05) is 13.2 Å². The van der Waals surface area contributed by atoms with E-state index < -0.39 is 0 Å². The van der Waals surface area contributed by atoms with Crippen LogP contribution >= 0.6 is 0 Å². The van der Waals surface area contributed by atoms with Gasteiger partial charge in [0.1, 0.15) is 5.69 Å². The van der Waals surface area contributed by atoms with E-state index in [1.807, 2.05) is 13.0 Å². The number of amides is 1. The Kier molecular flexibility index (Phi) is 3.23. The molecule has 2 heterocycles. The summed E-state index contributed by atoms with van der Waals surface area (Å²) < 4.78 is 1.52. The Morgan fingerprint density at radius 2 is 2.22 bits per heavy atom. The van der Waals surface area contributed by atoms with Crippen LogP contribution in [0.3, 0.4) is 0 Å². The van der Waals surface area contributed by atoms with Crippen molar-refractivity contribution in [3.05, 3.63) is 48.1 Å². The molecule has 0 spiro atoms. The molecule has 0 unspecified atom stereocenters. The number of pyridine rings is 1. The van der Waals surface area contributed by atoms with Gasteiger partial charge < -0.3 is 5.32 Å². The maximum absolute atomic E-state index is 12.0. The summed E-state index contributed by atoms with van der Waals surface area (Å²) in [6, 6.07) is 5.28. The minimum Gasteiger partial charge on any atom is -0.319 e. The van der Waals surface area contributed by atoms with Crippen molar-refractivity contribution in [1.82, 2.24) is 14.8 Å². The number of anilines is 1. The molecule has 5 nitrogen and oxygen atoms in total. The molecule has 0 saturated heterocycles. The number of rotatable bonds is 3. The van der Waals surface area contributed by atoms with E-state index in [9.17, 15) is 4.79 Å². The van der Waals surface area contributed by atoms with E-state index in [1.165, 1.54) is 4.68 Å². The lowest BCUT2D eigenvalue weighted by atomic mass is 10.2. The van der Waals surface area contributed by atoms with Crippen LogP contribution in [0, 0.1) is 6.92 Å². The summed E-state index contributed by atoms with van der Waals surface area (Å²) in [5, 5.41) is 6.76. The minimum absolute atomic E-state index is 0.203. The summed E-state index contributed by atoms with van der Waals surface area (Å²) in [5.41, 5.74) is 2.72. The molecule has 2 aromatic heterocycles. The average molecular weight is 242 g/mol. The molecular weight excluding hydrogens is 228 g/mol. The molecule has 0 bridgehead atoms. The Balaban J connectivity index is 2.22. The quantitative estimate of drug-likeness (QED) is 0.895. The summed E-state index contributed by atoms with van der Waals surface area (Å²) in [4.78, 5) is 16.3. The van der Waals surface area contributed by atoms with Gasteiger partial charge in [0.05, 0.1) is 17.1 Å². The molecule has 0 aliphatic rings. The lowest BCUT2D eigenvalue weighted by Crippen LogP contribution is -2.17. The van der Waals surface area contributed by atoms with Gasteiger partial charge in [0.25, 0.3) is 5.91 Å². The molecule has 0 aliphatic carbocycles. The zero-order valence-electron chi connectivity index (χ0n) is 10.3. The monoisotopic (exact) mass is 242 g/mol. The van der Waals surface area contributed by atoms with Crippen molar-refractivity contribution in [3.63, 3.8) is 0 Å². The zero-order valence-corrected chi connectivity index (χ0v) is 10.3. The van der Waals surface area contributed by atoms with E-state index in [1.54, 1.807) is 31.5 Å². The number of nitrogens with zero attached hydrogens (tertiary/aromatic N) is 3. The fraction of sp³-hybridized carbons (Fsp3) is 0.154. The van der Waals surface area contributed by atoms with Crippen LogP contribution in [-0.2, 0) is 7.05 Å². The number of carbonyl (C=O) groups is 1. The predicted molar refractivity (Wildman–Crippen MR) is 70.2 cm³/mol. The predicted octanol–water partition coefficient (Wildman–Crippen LogP) is 2.02. The number of hydrogen-bond donors (Lipinski definition) is 1. The summed E-state index contributed by atoms with van der Waals surface area (Å²) in [6.07, 6.45) is 3.25. The van der Waals surface area contributed by atoms with E-state index >= 15 is 0 Å². The van der Waals surface area contributed by atoms with Gasteiger partial charge in [-0.15, -0.1) is 0 Å². The van der Waals surface area contributed by atoms with Gasteiger partial charge in [-0.25, -0.2) is 0 Å². The molecule has 0 saturated carbocycles. The van der Waals surface area contributed by atoms with Gasteiger partial charge in [0.15, 0.2) is 0 Å². The van der Waals surface area contributed by atoms with Crippen molar-refractivity contribution < 1.29 is 4.79 Å². The summed E-state index contributed by atoms with van der Waals surface area (Å²) in [5.74, 6) is -0.203. The Morgan fingerprint density at radius 1 is 1.44 bits per heavy atom. The van der Waals surface area contributed by atoms with E-state index in [-0.39, 0.29) is 5.91 Å². The number of aromatic nitrogens is 3. The second kappa shape index (κ2) is 4.83. The van der Waals surface area contributed by atoms with Gasteiger partial charge in [-0.2, -0.15) is 5.10 Å². The Labute approximate surface area is 105 Å². The third-order valence-corrected chi connectivity index (χ3v) is 2.62. The van der Waals surface area contributed by atoms with Crippen LogP contribution in [0.5, 0.6) is 0 Å². The standard InChI is InChI=1S/C13H14N4O/c1-4-10-5-6-11(9(2)15-10)16-13(18)12-7-8-14-17(12)3/h4-8H,1H2,2-3H3,(H,16,18). The Bertz CT molecular complexity index is 601. The van der Waals surface area contributed by atoms with Crippen LogP contribution in [0.1, 0.15) is 21.9 Å². The molecule has 1 N–H and O–H groups in total. The first-order chi connectivity index (χ1) is 8.61. The largest absolute Gasteiger partial charge is 0.319 e. The summed E-state index contributed by atoms with van der Waals surface area (Å²) in [7, 11) is 1.72. The van der Waals surface area contributed by atoms with Crippen LogP contribution in [0.25, 0.3) is 6.08 Å². The van der Waals surface area contributed by atoms with Gasteiger partial charge in [-0.3, -0.25) is 14.5 Å². The van der Waals surface area contributed by atoms with Gasteiger partial charge >= 0.3 is 0 Å². The average Bonchev–Trinajstić information content (AvgIpc) is 2.78. The van der Waals surface area contributed by atoms with Crippen molar-refractivity contribution in [2.45, 2.75) is 6.92 Å². The fourth-order valence-electron chi connectivity index (χ4n) is 1.61. The van der Waals surface area contributed by atoms with E-state index in [4.69, 9.17) is 0 Å². The summed E-state index contributed by atoms with van der Waals surface area (Å²) >= 11 is 0. The highest BCUT2D eigenvalue weighted by molar-refractivity contribution is 6.03. The van der Waals surface area contributed by atoms with Crippen molar-refractivity contribution in [2.24, 2.45) is 7.05 Å². The Morgan fingerprint density at radius 3 is 2.78 bits per heavy atom. The molecule has 92 valence electrons. The molecule has 0 aromatic carbocycles. The number of nitrogens with one attached hydrogen (secondary N) is 1. The molecule has 0 radical (unpaired) electrons. The molecular formula is C13H14N4O. The third-order valence-electron chi connectivity index (χ3n) is 2.62. The van der Waals surface area contributed by atoms with E-state index in [0.717, 1.165) is 11.4 Å². The minimum atomic E-state index is -0.203. The van der Waals surface area contributed by atoms with Crippen LogP contribution in [0.15, 0.2) is 31.0 Å². The molecule has 0 fully saturated rings. The second-order valence-corrected chi connectivity index (χ2v) is 3.87. The lowest BCUT2D eigenvalue weighted by Gasteiger charge is -2.08. The van der Waals surface area contributed by atoms with Crippen LogP contribution < -0.4 is 5.32 Å². The topological polar surface area (TPSA) is 59.8 Å². The van der Waals surface area contributed by atoms with Crippen LogP contribution in [0.4, 0.5) is 5.69 Å². The first-order valence-electron chi connectivity index (χ1n) is 5.51. The maximum Gasteiger partial charge on any atom is 0.273 e. The van der Waals surface area contributed by atoms with Crippen molar-refractivity contribution in [3.8, 4) is 0 Å². The van der Waals surface area contributed by atoms with Crippen molar-refractivity contribution >= 4 is 17.7 Å². The highest BCUT2D eigenvalue weighted by Gasteiger charge is 2.11. The normalized spacial score (nSPS) is 10.1. The first kappa shape index (κ1) is 12.0.